The van der Waals surface area contributed by atoms with Gasteiger partial charge in [-0.15, -0.1) is 23.7 Å². The molecule has 0 radical (unpaired) electrons. The molecule has 5 heteroatoms. The summed E-state index contributed by atoms with van der Waals surface area (Å²) in [6.45, 7) is 3.77. The zero-order valence-corrected chi connectivity index (χ0v) is 13.7. The Morgan fingerprint density at radius 3 is 3.00 bits per heavy atom. The van der Waals surface area contributed by atoms with Crippen molar-refractivity contribution in [2.24, 2.45) is 0 Å². The minimum atomic E-state index is 0.923. The van der Waals surface area contributed by atoms with E-state index in [1.54, 1.807) is 36.4 Å². The molecule has 0 aromatic carbocycles. The number of nitrogens with one attached hydrogen (secondary N) is 1. The number of anilines is 1. The summed E-state index contributed by atoms with van der Waals surface area (Å²) in [6.07, 6.45) is 13.8. The van der Waals surface area contributed by atoms with E-state index in [0.717, 1.165) is 21.8 Å². The average Bonchev–Trinajstić information content (AvgIpc) is 2.83. The predicted octanol–water partition coefficient (Wildman–Crippen LogP) is 5.09. The first kappa shape index (κ1) is 17.3. The van der Waals surface area contributed by atoms with E-state index in [0.29, 0.717) is 0 Å². The van der Waals surface area contributed by atoms with Crippen molar-refractivity contribution in [2.75, 3.05) is 10.5 Å². The maximum absolute atomic E-state index is 4.60. The van der Waals surface area contributed by atoms with Crippen LogP contribution in [-0.4, -0.2) is 10.7 Å². The van der Waals surface area contributed by atoms with E-state index in [4.69, 9.17) is 0 Å². The fourth-order valence-corrected chi connectivity index (χ4v) is 2.55. The minimum absolute atomic E-state index is 0.923. The van der Waals surface area contributed by atoms with Gasteiger partial charge in [0.05, 0.1) is 0 Å². The van der Waals surface area contributed by atoms with Crippen molar-refractivity contribution in [1.29, 1.82) is 0 Å². The van der Waals surface area contributed by atoms with E-state index < -0.39 is 0 Å². The Hall–Kier alpha value is -0.700. The lowest BCUT2D eigenvalue weighted by Crippen LogP contribution is -1.85. The van der Waals surface area contributed by atoms with Gasteiger partial charge in [0, 0.05) is 21.8 Å². The van der Waals surface area contributed by atoms with Crippen LogP contribution in [0.3, 0.4) is 0 Å². The number of rotatable bonds is 6. The van der Waals surface area contributed by atoms with E-state index in [1.807, 2.05) is 5.38 Å². The van der Waals surface area contributed by atoms with Crippen LogP contribution in [0.1, 0.15) is 20.3 Å². The van der Waals surface area contributed by atoms with E-state index >= 15 is 0 Å². The Bertz CT molecular complexity index is 392. The predicted molar refractivity (Wildman–Crippen MR) is 89.1 cm³/mol. The molecule has 0 aliphatic carbocycles. The molecule has 0 atom stereocenters. The molecule has 0 spiro atoms. The second kappa shape index (κ2) is 12.7. The lowest BCUT2D eigenvalue weighted by atomic mass is 10.4. The van der Waals surface area contributed by atoms with E-state index in [2.05, 4.69) is 63.1 Å². The van der Waals surface area contributed by atoms with Crippen LogP contribution >= 0.6 is 39.2 Å². The van der Waals surface area contributed by atoms with Crippen LogP contribution in [-0.2, 0) is 0 Å². The summed E-state index contributed by atoms with van der Waals surface area (Å²) in [5.74, 6) is 3.17. The highest BCUT2D eigenvalue weighted by Crippen LogP contribution is 2.15. The summed E-state index contributed by atoms with van der Waals surface area (Å²) in [4.78, 5) is 4.12. The molecule has 18 heavy (non-hydrogen) atoms. The van der Waals surface area contributed by atoms with E-state index in [1.165, 1.54) is 0 Å². The lowest BCUT2D eigenvalue weighted by molar-refractivity contribution is 1.22. The number of aromatic nitrogens is 1. The van der Waals surface area contributed by atoms with Gasteiger partial charge in [-0.2, -0.15) is 0 Å². The third-order valence-corrected chi connectivity index (χ3v) is 3.55. The number of hydrogen-bond acceptors (Lipinski definition) is 4. The Kier molecular flexibility index (Phi) is 12.3. The van der Waals surface area contributed by atoms with Crippen molar-refractivity contribution in [3.05, 3.63) is 34.3 Å². The molecule has 1 rings (SSSR count). The van der Waals surface area contributed by atoms with Crippen LogP contribution in [0.5, 0.6) is 0 Å². The van der Waals surface area contributed by atoms with Gasteiger partial charge in [-0.1, -0.05) is 41.1 Å². The number of halogens is 1. The number of thiazole rings is 1. The van der Waals surface area contributed by atoms with Gasteiger partial charge in [0.2, 0.25) is 0 Å². The van der Waals surface area contributed by atoms with Gasteiger partial charge >= 0.3 is 0 Å². The molecule has 0 unspecified atom stereocenters. The maximum atomic E-state index is 4.60. The SMILES string of the molecule is C#CC.CC/C=C(Br)\C=C/CSNc1nccs1. The highest BCUT2D eigenvalue weighted by atomic mass is 79.9. The number of terminal acetylenes is 1. The van der Waals surface area contributed by atoms with Crippen molar-refractivity contribution in [3.63, 3.8) is 0 Å². The second-order valence-corrected chi connectivity index (χ2v) is 5.57. The zero-order chi connectivity index (χ0) is 13.6. The van der Waals surface area contributed by atoms with Crippen molar-refractivity contribution in [1.82, 2.24) is 4.98 Å². The van der Waals surface area contributed by atoms with Crippen LogP contribution in [0.25, 0.3) is 0 Å². The molecule has 1 heterocycles. The topological polar surface area (TPSA) is 24.9 Å². The summed E-state index contributed by atoms with van der Waals surface area (Å²) in [6, 6.07) is 0. The first-order valence-electron chi connectivity index (χ1n) is 5.41. The summed E-state index contributed by atoms with van der Waals surface area (Å²) in [5.41, 5.74) is 0. The summed E-state index contributed by atoms with van der Waals surface area (Å²) in [7, 11) is 0. The molecular weight excluding hydrogens is 328 g/mol. The summed E-state index contributed by atoms with van der Waals surface area (Å²) in [5, 5.41) is 2.91. The molecule has 1 N–H and O–H groups in total. The quantitative estimate of drug-likeness (QED) is 0.336. The van der Waals surface area contributed by atoms with Gasteiger partial charge in [-0.25, -0.2) is 4.98 Å². The van der Waals surface area contributed by atoms with Gasteiger partial charge in [0.15, 0.2) is 5.13 Å². The fourth-order valence-electron chi connectivity index (χ4n) is 0.849. The smallest absolute Gasteiger partial charge is 0.192 e. The Labute approximate surface area is 126 Å². The van der Waals surface area contributed by atoms with Gasteiger partial charge in [0.1, 0.15) is 0 Å². The summed E-state index contributed by atoms with van der Waals surface area (Å²) < 4.78 is 4.31. The van der Waals surface area contributed by atoms with Crippen LogP contribution < -0.4 is 4.72 Å². The average molecular weight is 345 g/mol. The van der Waals surface area contributed by atoms with Gasteiger partial charge < -0.3 is 4.72 Å². The number of nitrogens with zero attached hydrogens (tertiary/aromatic N) is 1. The van der Waals surface area contributed by atoms with Crippen molar-refractivity contribution >= 4 is 44.3 Å². The Morgan fingerprint density at radius 2 is 2.44 bits per heavy atom. The largest absolute Gasteiger partial charge is 0.305 e. The molecule has 0 saturated heterocycles. The molecule has 0 amide bonds. The zero-order valence-electron chi connectivity index (χ0n) is 10.5. The lowest BCUT2D eigenvalue weighted by Gasteiger charge is -1.96. The molecule has 0 bridgehead atoms. The molecule has 0 fully saturated rings. The molecule has 0 saturated carbocycles. The number of allylic oxidation sites excluding steroid dienone is 3. The van der Waals surface area contributed by atoms with Crippen LogP contribution in [0.15, 0.2) is 34.3 Å². The number of hydrogen-bond donors (Lipinski definition) is 1. The Morgan fingerprint density at radius 1 is 1.72 bits per heavy atom. The van der Waals surface area contributed by atoms with Crippen LogP contribution in [0, 0.1) is 12.3 Å². The fraction of sp³-hybridized carbons (Fsp3) is 0.308. The molecule has 2 nitrogen and oxygen atoms in total. The van der Waals surface area contributed by atoms with Crippen molar-refractivity contribution in [2.45, 2.75) is 20.3 Å². The third-order valence-electron chi connectivity index (χ3n) is 1.45. The highest BCUT2D eigenvalue weighted by Gasteiger charge is 1.91. The van der Waals surface area contributed by atoms with Crippen molar-refractivity contribution in [3.8, 4) is 12.3 Å². The molecule has 0 aliphatic heterocycles. The highest BCUT2D eigenvalue weighted by molar-refractivity contribution is 9.11. The first-order chi connectivity index (χ1) is 8.74. The molecule has 1 aromatic heterocycles. The Balaban J connectivity index is 0.000000873. The normalized spacial score (nSPS) is 10.7. The van der Waals surface area contributed by atoms with Gasteiger partial charge in [0.25, 0.3) is 0 Å². The third kappa shape index (κ3) is 10.5. The van der Waals surface area contributed by atoms with Gasteiger partial charge in [-0.3, -0.25) is 0 Å². The van der Waals surface area contributed by atoms with E-state index in [-0.39, 0.29) is 0 Å². The van der Waals surface area contributed by atoms with Gasteiger partial charge in [-0.05, 0) is 25.3 Å². The standard InChI is InChI=1S/C10H13BrN2S2.C3H4/c1-2-4-9(11)5-3-7-15-13-10-12-6-8-14-10;1-3-2/h3-6,8H,2,7H2,1H3,(H,12,13);1H,2H3/b5-3-,9-4+;. The molecule has 98 valence electrons. The molecule has 0 aliphatic rings. The maximum Gasteiger partial charge on any atom is 0.192 e. The minimum Gasteiger partial charge on any atom is -0.305 e. The van der Waals surface area contributed by atoms with Crippen molar-refractivity contribution < 1.29 is 0 Å². The molecular formula is C13H17BrN2S2. The van der Waals surface area contributed by atoms with Crippen LogP contribution in [0.2, 0.25) is 0 Å². The first-order valence-corrected chi connectivity index (χ1v) is 8.07. The molecule has 1 aromatic rings. The summed E-state index contributed by atoms with van der Waals surface area (Å²) >= 11 is 6.70. The van der Waals surface area contributed by atoms with Crippen LogP contribution in [0.4, 0.5) is 5.13 Å². The van der Waals surface area contributed by atoms with E-state index in [9.17, 15) is 0 Å². The monoisotopic (exact) mass is 344 g/mol. The second-order valence-electron chi connectivity index (χ2n) is 2.94.